The zero-order chi connectivity index (χ0) is 26.8. The molecule has 0 aliphatic carbocycles. The van der Waals surface area contributed by atoms with Crippen molar-refractivity contribution in [1.29, 1.82) is 5.26 Å². The Kier molecular flexibility index (Phi) is 10.2. The molecule has 37 heavy (non-hydrogen) atoms. The number of nitriles is 1. The average Bonchev–Trinajstić information content (AvgIpc) is 3.21. The van der Waals surface area contributed by atoms with E-state index in [1.165, 1.54) is 16.8 Å². The Morgan fingerprint density at radius 3 is 2.49 bits per heavy atom. The van der Waals surface area contributed by atoms with E-state index in [9.17, 15) is 19.6 Å². The van der Waals surface area contributed by atoms with Gasteiger partial charge in [-0.25, -0.2) is 4.79 Å². The molecule has 0 unspecified atom stereocenters. The van der Waals surface area contributed by atoms with E-state index in [1.807, 2.05) is 6.07 Å². The van der Waals surface area contributed by atoms with Crippen molar-refractivity contribution in [2.75, 3.05) is 57.0 Å². The van der Waals surface area contributed by atoms with E-state index in [-0.39, 0.29) is 28.3 Å². The fourth-order valence-electron chi connectivity index (χ4n) is 3.73. The molecule has 1 aliphatic rings. The molecule has 1 aromatic heterocycles. The number of amides is 1. The third kappa shape index (κ3) is 7.63. The van der Waals surface area contributed by atoms with Crippen LogP contribution in [0.4, 0.5) is 11.4 Å². The smallest absolute Gasteiger partial charge is 0.352 e. The van der Waals surface area contributed by atoms with Crippen molar-refractivity contribution in [3.63, 3.8) is 0 Å². The summed E-state index contributed by atoms with van der Waals surface area (Å²) >= 11 is 1.04. The van der Waals surface area contributed by atoms with Crippen LogP contribution in [0.25, 0.3) is 11.8 Å². The summed E-state index contributed by atoms with van der Waals surface area (Å²) in [5.41, 5.74) is 0.858. The highest BCUT2D eigenvalue weighted by Crippen LogP contribution is 2.14. The minimum atomic E-state index is -0.800. The van der Waals surface area contributed by atoms with E-state index < -0.39 is 5.97 Å². The lowest BCUT2D eigenvalue weighted by Gasteiger charge is -2.32. The molecule has 0 atom stereocenters. The van der Waals surface area contributed by atoms with Crippen LogP contribution >= 0.6 is 11.3 Å². The summed E-state index contributed by atoms with van der Waals surface area (Å²) < 4.78 is 6.93. The van der Waals surface area contributed by atoms with Gasteiger partial charge in [0.05, 0.1) is 0 Å². The number of esters is 1. The molecule has 1 amide bonds. The van der Waals surface area contributed by atoms with Gasteiger partial charge in [0.1, 0.15) is 21.9 Å². The van der Waals surface area contributed by atoms with Crippen LogP contribution in [0.5, 0.6) is 0 Å². The maximum atomic E-state index is 12.8. The van der Waals surface area contributed by atoms with Gasteiger partial charge in [0.25, 0.3) is 5.56 Å². The lowest BCUT2D eigenvalue weighted by atomic mass is 10.2. The fourth-order valence-corrected chi connectivity index (χ4v) is 4.81. The maximum absolute atomic E-state index is 12.8. The van der Waals surface area contributed by atoms with Crippen LogP contribution in [0.1, 0.15) is 13.3 Å². The average molecular weight is 525 g/mol. The Morgan fingerprint density at radius 2 is 1.86 bits per heavy atom. The number of carbonyl (C=O) groups excluding carboxylic acids is 2. The van der Waals surface area contributed by atoms with Gasteiger partial charge in [0.15, 0.2) is 5.57 Å². The van der Waals surface area contributed by atoms with E-state index in [4.69, 9.17) is 4.74 Å². The fraction of sp³-hybridized carbons (Fsp3) is 0.385. The summed E-state index contributed by atoms with van der Waals surface area (Å²) in [4.78, 5) is 42.0. The number of benzene rings is 1. The number of likely N-dealkylation sites (N-methyl/N-ethyl adjacent to an activating group) is 1. The van der Waals surface area contributed by atoms with Gasteiger partial charge >= 0.3 is 5.97 Å². The van der Waals surface area contributed by atoms with Crippen molar-refractivity contribution in [3.8, 4) is 6.07 Å². The summed E-state index contributed by atoms with van der Waals surface area (Å²) in [7, 11) is 2.10. The van der Waals surface area contributed by atoms with Gasteiger partial charge in [-0.2, -0.15) is 5.26 Å². The van der Waals surface area contributed by atoms with Gasteiger partial charge in [-0.15, -0.1) is 11.3 Å². The van der Waals surface area contributed by atoms with Gasteiger partial charge in [-0.05, 0) is 38.2 Å². The summed E-state index contributed by atoms with van der Waals surface area (Å²) in [6, 6.07) is 9.00. The van der Waals surface area contributed by atoms with Crippen molar-refractivity contribution < 1.29 is 14.3 Å². The number of carbonyl (C=O) groups is 2. The molecule has 10 nitrogen and oxygen atoms in total. The molecule has 0 bridgehead atoms. The monoisotopic (exact) mass is 524 g/mol. The third-order valence-electron chi connectivity index (χ3n) is 5.88. The zero-order valence-corrected chi connectivity index (χ0v) is 22.0. The predicted molar refractivity (Wildman–Crippen MR) is 145 cm³/mol. The first-order valence-electron chi connectivity index (χ1n) is 12.1. The van der Waals surface area contributed by atoms with Gasteiger partial charge in [0, 0.05) is 63.3 Å². The molecule has 0 saturated carbocycles. The topological polar surface area (TPSA) is 120 Å². The molecule has 1 aromatic carbocycles. The van der Waals surface area contributed by atoms with E-state index >= 15 is 0 Å². The van der Waals surface area contributed by atoms with Gasteiger partial charge in [-0.3, -0.25) is 14.2 Å². The Labute approximate surface area is 219 Å². The van der Waals surface area contributed by atoms with Gasteiger partial charge in [0.2, 0.25) is 5.91 Å². The first-order chi connectivity index (χ1) is 17.9. The van der Waals surface area contributed by atoms with E-state index in [1.54, 1.807) is 31.2 Å². The predicted octanol–water partition coefficient (Wildman–Crippen LogP) is 0.759. The number of hydrogen-bond acceptors (Lipinski definition) is 9. The highest BCUT2D eigenvalue weighted by atomic mass is 32.1. The van der Waals surface area contributed by atoms with Crippen molar-refractivity contribution in [3.05, 3.63) is 56.5 Å². The normalized spacial score (nSPS) is 15.5. The lowest BCUT2D eigenvalue weighted by Crippen LogP contribution is -2.45. The van der Waals surface area contributed by atoms with Crippen LogP contribution in [0.2, 0.25) is 0 Å². The molecule has 2 aromatic rings. The summed E-state index contributed by atoms with van der Waals surface area (Å²) in [6.07, 6.45) is 3.38. The molecule has 1 fully saturated rings. The molecule has 0 spiro atoms. The third-order valence-corrected chi connectivity index (χ3v) is 7.01. The maximum Gasteiger partial charge on any atom is 0.352 e. The highest BCUT2D eigenvalue weighted by Gasteiger charge is 2.17. The minimum absolute atomic E-state index is 0.0288. The first kappa shape index (κ1) is 27.9. The first-order valence-corrected chi connectivity index (χ1v) is 12.9. The Balaban J connectivity index is 1.66. The molecule has 1 saturated heterocycles. The molecule has 2 heterocycles. The SMILES string of the molecule is C=CCOC(=O)/C(C#N)=c1\s/c(=C/Nc2ccc(NC(=O)CCN3CCN(C)CC3)cc2)c(=O)n1CC. The zero-order valence-electron chi connectivity index (χ0n) is 21.2. The standard InChI is InChI=1S/C26H32N6O4S/c1-4-16-36-26(35)21(17-27)25-32(5-2)24(34)22(37-25)18-28-19-6-8-20(9-7-19)29-23(33)10-11-31-14-12-30(3)13-15-31/h4,6-9,18,28H,1,5,10-16H2,2-3H3,(H,29,33)/b22-18+,25-21-. The van der Waals surface area contributed by atoms with Crippen molar-refractivity contribution in [2.24, 2.45) is 0 Å². The second-order valence-electron chi connectivity index (χ2n) is 8.50. The van der Waals surface area contributed by atoms with Crippen LogP contribution in [0.3, 0.4) is 0 Å². The van der Waals surface area contributed by atoms with E-state index in [0.717, 1.165) is 44.1 Å². The number of rotatable bonds is 10. The van der Waals surface area contributed by atoms with Crippen LogP contribution in [0.15, 0.2) is 41.7 Å². The summed E-state index contributed by atoms with van der Waals surface area (Å²) in [6.45, 7) is 10.2. The van der Waals surface area contributed by atoms with Gasteiger partial charge < -0.3 is 25.2 Å². The number of piperazine rings is 1. The Bertz CT molecular complexity index is 1330. The summed E-state index contributed by atoms with van der Waals surface area (Å²) in [5, 5.41) is 15.5. The van der Waals surface area contributed by atoms with E-state index in [0.29, 0.717) is 28.9 Å². The number of nitrogens with one attached hydrogen (secondary N) is 2. The second-order valence-corrected chi connectivity index (χ2v) is 9.53. The van der Waals surface area contributed by atoms with Crippen molar-refractivity contribution in [1.82, 2.24) is 14.4 Å². The van der Waals surface area contributed by atoms with Crippen LogP contribution < -0.4 is 25.4 Å². The van der Waals surface area contributed by atoms with Crippen molar-refractivity contribution in [2.45, 2.75) is 19.9 Å². The largest absolute Gasteiger partial charge is 0.457 e. The quantitative estimate of drug-likeness (QED) is 0.345. The molecule has 196 valence electrons. The van der Waals surface area contributed by atoms with Crippen LogP contribution in [-0.2, 0) is 20.9 Å². The number of hydrogen-bond donors (Lipinski definition) is 2. The molecular weight excluding hydrogens is 492 g/mol. The Morgan fingerprint density at radius 1 is 1.19 bits per heavy atom. The highest BCUT2D eigenvalue weighted by molar-refractivity contribution is 7.07. The van der Waals surface area contributed by atoms with Crippen molar-refractivity contribution >= 4 is 46.4 Å². The number of aromatic nitrogens is 1. The molecule has 11 heteroatoms. The van der Waals surface area contributed by atoms with Crippen LogP contribution in [0, 0.1) is 11.3 Å². The number of ether oxygens (including phenoxy) is 1. The van der Waals surface area contributed by atoms with Gasteiger partial charge in [-0.1, -0.05) is 12.7 Å². The number of thiazole rings is 1. The Hall–Kier alpha value is -3.72. The number of anilines is 2. The molecule has 0 radical (unpaired) electrons. The second kappa shape index (κ2) is 13.5. The lowest BCUT2D eigenvalue weighted by molar-refractivity contribution is -0.135. The molecule has 2 N–H and O–H groups in total. The molecular formula is C26H32N6O4S. The van der Waals surface area contributed by atoms with Crippen LogP contribution in [-0.4, -0.2) is 72.6 Å². The summed E-state index contributed by atoms with van der Waals surface area (Å²) in [5.74, 6) is -0.833. The molecule has 3 rings (SSSR count). The minimum Gasteiger partial charge on any atom is -0.457 e. The molecule has 1 aliphatic heterocycles. The number of nitrogens with zero attached hydrogens (tertiary/aromatic N) is 4. The van der Waals surface area contributed by atoms with E-state index in [2.05, 4.69) is 34.1 Å².